The highest BCUT2D eigenvalue weighted by molar-refractivity contribution is 5.94. The highest BCUT2D eigenvalue weighted by Crippen LogP contribution is 2.23. The fraction of sp³-hybridized carbons (Fsp3) is 0.462. The molecule has 1 N–H and O–H groups in total. The molecule has 0 spiro atoms. The third kappa shape index (κ3) is 2.81. The summed E-state index contributed by atoms with van der Waals surface area (Å²) in [6.07, 6.45) is 0.715. The van der Waals surface area contributed by atoms with Crippen molar-refractivity contribution in [1.82, 2.24) is 0 Å². The predicted octanol–water partition coefficient (Wildman–Crippen LogP) is 3.51. The number of hydrogen-bond donors (Lipinski definition) is 1. The minimum atomic E-state index is -0.476. The van der Waals surface area contributed by atoms with E-state index in [1.54, 1.807) is 12.1 Å². The minimum Gasteiger partial charge on any atom is -0.323 e. The Kier molecular flexibility index (Phi) is 3.68. The molecule has 3 heteroatoms. The van der Waals surface area contributed by atoms with E-state index in [2.05, 4.69) is 5.32 Å². The van der Waals surface area contributed by atoms with Crippen LogP contribution in [0, 0.1) is 18.2 Å². The van der Waals surface area contributed by atoms with E-state index in [1.807, 2.05) is 27.7 Å². The Morgan fingerprint density at radius 1 is 1.44 bits per heavy atom. The molecule has 0 aliphatic carbocycles. The van der Waals surface area contributed by atoms with Gasteiger partial charge in [0.2, 0.25) is 5.91 Å². The molecule has 88 valence electrons. The Bertz CT molecular complexity index is 399. The Labute approximate surface area is 95.9 Å². The SMILES string of the molecule is CCC(C)(C)C(=O)Nc1cc(C)ccc1F. The fourth-order valence-corrected chi connectivity index (χ4v) is 1.19. The van der Waals surface area contributed by atoms with Gasteiger partial charge in [-0.2, -0.15) is 0 Å². The third-order valence-corrected chi connectivity index (χ3v) is 2.87. The van der Waals surface area contributed by atoms with Gasteiger partial charge in [-0.3, -0.25) is 4.79 Å². The van der Waals surface area contributed by atoms with Crippen LogP contribution in [0.4, 0.5) is 10.1 Å². The molecule has 0 aliphatic heterocycles. The summed E-state index contributed by atoms with van der Waals surface area (Å²) in [5.41, 5.74) is 0.702. The van der Waals surface area contributed by atoms with E-state index in [1.165, 1.54) is 6.07 Å². The van der Waals surface area contributed by atoms with Crippen LogP contribution in [-0.4, -0.2) is 5.91 Å². The molecule has 0 fully saturated rings. The average molecular weight is 223 g/mol. The molecule has 0 saturated heterocycles. The second kappa shape index (κ2) is 4.64. The molecule has 0 radical (unpaired) electrons. The van der Waals surface area contributed by atoms with Gasteiger partial charge in [0.05, 0.1) is 5.69 Å². The van der Waals surface area contributed by atoms with Gasteiger partial charge >= 0.3 is 0 Å². The lowest BCUT2D eigenvalue weighted by molar-refractivity contribution is -0.124. The molecule has 0 atom stereocenters. The number of rotatable bonds is 3. The molecule has 2 nitrogen and oxygen atoms in total. The summed E-state index contributed by atoms with van der Waals surface area (Å²) < 4.78 is 13.4. The molecule has 0 aromatic heterocycles. The average Bonchev–Trinajstić information content (AvgIpc) is 2.23. The summed E-state index contributed by atoms with van der Waals surface area (Å²) in [6, 6.07) is 4.68. The maximum absolute atomic E-state index is 13.4. The Hall–Kier alpha value is -1.38. The maximum atomic E-state index is 13.4. The normalized spacial score (nSPS) is 11.3. The molecule has 0 bridgehead atoms. The van der Waals surface area contributed by atoms with Gasteiger partial charge < -0.3 is 5.32 Å². The van der Waals surface area contributed by atoms with Crippen LogP contribution < -0.4 is 5.32 Å². The van der Waals surface area contributed by atoms with Crippen LogP contribution in [0.5, 0.6) is 0 Å². The summed E-state index contributed by atoms with van der Waals surface area (Å²) in [5, 5.41) is 2.63. The zero-order chi connectivity index (χ0) is 12.3. The topological polar surface area (TPSA) is 29.1 Å². The zero-order valence-electron chi connectivity index (χ0n) is 10.2. The number of benzene rings is 1. The van der Waals surface area contributed by atoms with Crippen molar-refractivity contribution in [3.05, 3.63) is 29.6 Å². The summed E-state index contributed by atoms with van der Waals surface area (Å²) in [5.74, 6) is -0.551. The Morgan fingerprint density at radius 2 is 2.06 bits per heavy atom. The van der Waals surface area contributed by atoms with Crippen molar-refractivity contribution < 1.29 is 9.18 Å². The van der Waals surface area contributed by atoms with Gasteiger partial charge in [0.15, 0.2) is 0 Å². The first-order chi connectivity index (χ1) is 7.36. The van der Waals surface area contributed by atoms with Gasteiger partial charge in [-0.1, -0.05) is 26.8 Å². The summed E-state index contributed by atoms with van der Waals surface area (Å²) >= 11 is 0. The molecule has 1 amide bonds. The predicted molar refractivity (Wildman–Crippen MR) is 63.8 cm³/mol. The smallest absolute Gasteiger partial charge is 0.230 e. The molecule has 0 heterocycles. The second-order valence-electron chi connectivity index (χ2n) is 4.67. The lowest BCUT2D eigenvalue weighted by Gasteiger charge is -2.21. The molecule has 1 aromatic carbocycles. The van der Waals surface area contributed by atoms with Crippen molar-refractivity contribution in [2.24, 2.45) is 5.41 Å². The first-order valence-electron chi connectivity index (χ1n) is 5.44. The van der Waals surface area contributed by atoms with Gasteiger partial charge in [0.1, 0.15) is 5.82 Å². The van der Waals surface area contributed by atoms with Gasteiger partial charge in [0, 0.05) is 5.41 Å². The van der Waals surface area contributed by atoms with E-state index in [0.29, 0.717) is 6.42 Å². The van der Waals surface area contributed by atoms with Crippen molar-refractivity contribution in [1.29, 1.82) is 0 Å². The van der Waals surface area contributed by atoms with Crippen LogP contribution in [0.3, 0.4) is 0 Å². The summed E-state index contributed by atoms with van der Waals surface area (Å²) in [6.45, 7) is 7.48. The first kappa shape index (κ1) is 12.7. The highest BCUT2D eigenvalue weighted by atomic mass is 19.1. The number of hydrogen-bond acceptors (Lipinski definition) is 1. The van der Waals surface area contributed by atoms with Crippen LogP contribution in [-0.2, 0) is 4.79 Å². The zero-order valence-corrected chi connectivity index (χ0v) is 10.2. The van der Waals surface area contributed by atoms with E-state index in [4.69, 9.17) is 0 Å². The monoisotopic (exact) mass is 223 g/mol. The van der Waals surface area contributed by atoms with Gasteiger partial charge in [0.25, 0.3) is 0 Å². The molecule has 1 rings (SSSR count). The van der Waals surface area contributed by atoms with Crippen molar-refractivity contribution in [3.8, 4) is 0 Å². The lowest BCUT2D eigenvalue weighted by Crippen LogP contribution is -2.30. The minimum absolute atomic E-state index is 0.153. The van der Waals surface area contributed by atoms with Crippen molar-refractivity contribution in [3.63, 3.8) is 0 Å². The van der Waals surface area contributed by atoms with Crippen molar-refractivity contribution >= 4 is 11.6 Å². The van der Waals surface area contributed by atoms with Crippen molar-refractivity contribution in [2.75, 3.05) is 5.32 Å². The number of carbonyl (C=O) groups is 1. The van der Waals surface area contributed by atoms with E-state index in [0.717, 1.165) is 5.56 Å². The highest BCUT2D eigenvalue weighted by Gasteiger charge is 2.25. The maximum Gasteiger partial charge on any atom is 0.230 e. The largest absolute Gasteiger partial charge is 0.323 e. The summed E-state index contributed by atoms with van der Waals surface area (Å²) in [7, 11) is 0. The quantitative estimate of drug-likeness (QED) is 0.834. The standard InChI is InChI=1S/C13H18FNO/c1-5-13(3,4)12(16)15-11-8-9(2)6-7-10(11)14/h6-8H,5H2,1-4H3,(H,15,16). The van der Waals surface area contributed by atoms with E-state index >= 15 is 0 Å². The van der Waals surface area contributed by atoms with Gasteiger partial charge in [-0.05, 0) is 31.0 Å². The van der Waals surface area contributed by atoms with E-state index in [9.17, 15) is 9.18 Å². The molecular formula is C13H18FNO. The molecule has 16 heavy (non-hydrogen) atoms. The number of anilines is 1. The third-order valence-electron chi connectivity index (χ3n) is 2.87. The second-order valence-corrected chi connectivity index (χ2v) is 4.67. The number of carbonyl (C=O) groups excluding carboxylic acids is 1. The molecule has 0 unspecified atom stereocenters. The van der Waals surface area contributed by atoms with E-state index < -0.39 is 11.2 Å². The lowest BCUT2D eigenvalue weighted by atomic mass is 9.89. The number of amides is 1. The van der Waals surface area contributed by atoms with Crippen LogP contribution in [0.2, 0.25) is 0 Å². The van der Waals surface area contributed by atoms with Gasteiger partial charge in [-0.15, -0.1) is 0 Å². The molecule has 1 aromatic rings. The van der Waals surface area contributed by atoms with E-state index in [-0.39, 0.29) is 11.6 Å². The summed E-state index contributed by atoms with van der Waals surface area (Å²) in [4.78, 5) is 11.9. The molecule has 0 aliphatic rings. The fourth-order valence-electron chi connectivity index (χ4n) is 1.19. The Morgan fingerprint density at radius 3 is 2.62 bits per heavy atom. The van der Waals surface area contributed by atoms with Crippen molar-refractivity contribution in [2.45, 2.75) is 34.1 Å². The first-order valence-corrected chi connectivity index (χ1v) is 5.44. The Balaban J connectivity index is 2.89. The number of halogens is 1. The van der Waals surface area contributed by atoms with Crippen LogP contribution >= 0.6 is 0 Å². The molecular weight excluding hydrogens is 205 g/mol. The number of aryl methyl sites for hydroxylation is 1. The van der Waals surface area contributed by atoms with Crippen LogP contribution in [0.25, 0.3) is 0 Å². The van der Waals surface area contributed by atoms with Crippen LogP contribution in [0.15, 0.2) is 18.2 Å². The van der Waals surface area contributed by atoms with Gasteiger partial charge in [-0.25, -0.2) is 4.39 Å². The molecule has 0 saturated carbocycles. The van der Waals surface area contributed by atoms with Crippen LogP contribution in [0.1, 0.15) is 32.8 Å². The number of nitrogens with one attached hydrogen (secondary N) is 1.